The van der Waals surface area contributed by atoms with Gasteiger partial charge in [0.15, 0.2) is 0 Å². The summed E-state index contributed by atoms with van der Waals surface area (Å²) < 4.78 is 38.2. The molecule has 0 spiro atoms. The van der Waals surface area contributed by atoms with Gasteiger partial charge in [-0.3, -0.25) is 0 Å². The molecule has 0 fully saturated rings. The average Bonchev–Trinajstić information content (AvgIpc) is 2.77. The molecule has 150 valence electrons. The minimum Gasteiger partial charge on any atom is -0.489 e. The zero-order valence-electron chi connectivity index (χ0n) is 15.8. The zero-order chi connectivity index (χ0) is 20.7. The summed E-state index contributed by atoms with van der Waals surface area (Å²) in [6.07, 6.45) is 0. The topological polar surface area (TPSA) is 81.7 Å². The van der Waals surface area contributed by atoms with E-state index in [1.165, 1.54) is 19.2 Å². The van der Waals surface area contributed by atoms with E-state index in [2.05, 4.69) is 4.72 Å². The van der Waals surface area contributed by atoms with Gasteiger partial charge in [0, 0.05) is 0 Å². The predicted octanol–water partition coefficient (Wildman–Crippen LogP) is 3.46. The highest BCUT2D eigenvalue weighted by Crippen LogP contribution is 2.22. The van der Waals surface area contributed by atoms with Gasteiger partial charge in [0.25, 0.3) is 0 Å². The van der Waals surface area contributed by atoms with Crippen LogP contribution in [-0.4, -0.2) is 21.5 Å². The lowest BCUT2D eigenvalue weighted by Gasteiger charge is -2.17. The van der Waals surface area contributed by atoms with Gasteiger partial charge in [0.05, 0.1) is 12.0 Å². The summed E-state index contributed by atoms with van der Waals surface area (Å²) in [5.41, 5.74) is 1.48. The molecule has 29 heavy (non-hydrogen) atoms. The van der Waals surface area contributed by atoms with E-state index in [-0.39, 0.29) is 4.90 Å². The third-order valence-electron chi connectivity index (χ3n) is 4.23. The van der Waals surface area contributed by atoms with Crippen molar-refractivity contribution in [2.24, 2.45) is 0 Å². The van der Waals surface area contributed by atoms with Gasteiger partial charge < -0.3 is 9.47 Å². The summed E-state index contributed by atoms with van der Waals surface area (Å²) in [5, 5.41) is 0. The van der Waals surface area contributed by atoms with Crippen LogP contribution in [0.5, 0.6) is 5.75 Å². The summed E-state index contributed by atoms with van der Waals surface area (Å²) >= 11 is 0. The Morgan fingerprint density at radius 2 is 1.48 bits per heavy atom. The third kappa shape index (κ3) is 5.43. The largest absolute Gasteiger partial charge is 0.489 e. The molecule has 0 radical (unpaired) electrons. The normalized spacial score (nSPS) is 12.2. The van der Waals surface area contributed by atoms with Crippen molar-refractivity contribution in [2.75, 3.05) is 7.11 Å². The lowest BCUT2D eigenvalue weighted by molar-refractivity contribution is -0.142. The number of hydrogen-bond acceptors (Lipinski definition) is 5. The second kappa shape index (κ2) is 9.36. The third-order valence-corrected chi connectivity index (χ3v) is 5.66. The van der Waals surface area contributed by atoms with E-state index >= 15 is 0 Å². The van der Waals surface area contributed by atoms with E-state index < -0.39 is 22.0 Å². The number of benzene rings is 3. The number of sulfonamides is 1. The van der Waals surface area contributed by atoms with Crippen LogP contribution < -0.4 is 9.46 Å². The van der Waals surface area contributed by atoms with Crippen molar-refractivity contribution in [3.63, 3.8) is 0 Å². The molecule has 0 aliphatic carbocycles. The number of methoxy groups -OCH3 is 1. The van der Waals surface area contributed by atoms with Gasteiger partial charge in [-0.05, 0) is 35.4 Å². The molecular weight excluding hydrogens is 390 g/mol. The van der Waals surface area contributed by atoms with Gasteiger partial charge in [-0.15, -0.1) is 0 Å². The van der Waals surface area contributed by atoms with Crippen molar-refractivity contribution in [2.45, 2.75) is 17.5 Å². The minimum absolute atomic E-state index is 0.0664. The lowest BCUT2D eigenvalue weighted by atomic mass is 10.1. The van der Waals surface area contributed by atoms with Crippen LogP contribution in [0, 0.1) is 0 Å². The van der Waals surface area contributed by atoms with Crippen LogP contribution in [0.1, 0.15) is 17.2 Å². The van der Waals surface area contributed by atoms with Crippen LogP contribution in [0.25, 0.3) is 0 Å². The highest BCUT2D eigenvalue weighted by molar-refractivity contribution is 7.89. The van der Waals surface area contributed by atoms with Gasteiger partial charge in [-0.2, -0.15) is 4.72 Å². The molecule has 3 aromatic carbocycles. The molecule has 6 nitrogen and oxygen atoms in total. The summed E-state index contributed by atoms with van der Waals surface area (Å²) in [4.78, 5) is 12.3. The molecule has 3 aromatic rings. The SMILES string of the molecule is COC(=O)[C@H](NS(=O)(=O)c1ccccc1)c1ccc(OCc2ccccc2)cc1. The number of esters is 1. The fraction of sp³-hybridized carbons (Fsp3) is 0.136. The lowest BCUT2D eigenvalue weighted by Crippen LogP contribution is -2.34. The van der Waals surface area contributed by atoms with Crippen molar-refractivity contribution in [1.82, 2.24) is 4.72 Å². The van der Waals surface area contributed by atoms with Crippen LogP contribution in [0.15, 0.2) is 89.8 Å². The Bertz CT molecular complexity index is 1040. The number of carbonyl (C=O) groups is 1. The van der Waals surface area contributed by atoms with Gasteiger partial charge in [0.1, 0.15) is 18.4 Å². The van der Waals surface area contributed by atoms with Gasteiger partial charge >= 0.3 is 5.97 Å². The first-order valence-corrected chi connectivity index (χ1v) is 10.4. The van der Waals surface area contributed by atoms with Crippen molar-refractivity contribution < 1.29 is 22.7 Å². The standard InChI is InChI=1S/C22H21NO5S/c1-27-22(24)21(23-29(25,26)20-10-6-3-7-11-20)18-12-14-19(15-13-18)28-16-17-8-4-2-5-9-17/h2-15,21,23H,16H2,1H3/t21-/m1/s1. The first kappa shape index (κ1) is 20.6. The summed E-state index contributed by atoms with van der Waals surface area (Å²) in [6, 6.07) is 23.0. The Kier molecular flexibility index (Phi) is 6.64. The predicted molar refractivity (Wildman–Crippen MR) is 109 cm³/mol. The number of carbonyl (C=O) groups excluding carboxylic acids is 1. The molecule has 0 unspecified atom stereocenters. The number of ether oxygens (including phenoxy) is 2. The molecule has 0 bridgehead atoms. The average molecular weight is 411 g/mol. The fourth-order valence-electron chi connectivity index (χ4n) is 2.69. The number of hydrogen-bond donors (Lipinski definition) is 1. The van der Waals surface area contributed by atoms with Crippen molar-refractivity contribution >= 4 is 16.0 Å². The Labute approximate surface area is 170 Å². The Hall–Kier alpha value is -3.16. The van der Waals surface area contributed by atoms with E-state index in [4.69, 9.17) is 9.47 Å². The molecular formula is C22H21NO5S. The molecule has 0 heterocycles. The summed E-state index contributed by atoms with van der Waals surface area (Å²) in [5.74, 6) is -0.102. The van der Waals surface area contributed by atoms with Crippen LogP contribution in [0.4, 0.5) is 0 Å². The first-order chi connectivity index (χ1) is 14.0. The maximum Gasteiger partial charge on any atom is 0.328 e. The molecule has 7 heteroatoms. The fourth-order valence-corrected chi connectivity index (χ4v) is 3.88. The van der Waals surface area contributed by atoms with Gasteiger partial charge in [-0.1, -0.05) is 60.7 Å². The monoisotopic (exact) mass is 411 g/mol. The molecule has 1 atom stereocenters. The van der Waals surface area contributed by atoms with E-state index in [1.54, 1.807) is 42.5 Å². The second-order valence-electron chi connectivity index (χ2n) is 6.23. The first-order valence-electron chi connectivity index (χ1n) is 8.91. The van der Waals surface area contributed by atoms with Crippen LogP contribution >= 0.6 is 0 Å². The quantitative estimate of drug-likeness (QED) is 0.574. The van der Waals surface area contributed by atoms with Crippen molar-refractivity contribution in [3.8, 4) is 5.75 Å². The maximum atomic E-state index is 12.6. The Balaban J connectivity index is 1.76. The smallest absolute Gasteiger partial charge is 0.328 e. The van der Waals surface area contributed by atoms with Crippen molar-refractivity contribution in [3.05, 3.63) is 96.1 Å². The molecule has 3 rings (SSSR count). The molecule has 0 aliphatic rings. The highest BCUT2D eigenvalue weighted by atomic mass is 32.2. The second-order valence-corrected chi connectivity index (χ2v) is 7.95. The molecule has 0 amide bonds. The van der Waals surface area contributed by atoms with Crippen molar-refractivity contribution in [1.29, 1.82) is 0 Å². The van der Waals surface area contributed by atoms with Gasteiger partial charge in [0.2, 0.25) is 10.0 Å². The van der Waals surface area contributed by atoms with E-state index in [0.29, 0.717) is 17.9 Å². The maximum absolute atomic E-state index is 12.6. The van der Waals surface area contributed by atoms with E-state index in [1.807, 2.05) is 30.3 Å². The minimum atomic E-state index is -3.90. The van der Waals surface area contributed by atoms with Crippen LogP contribution in [0.2, 0.25) is 0 Å². The molecule has 1 N–H and O–H groups in total. The molecule has 0 saturated heterocycles. The number of nitrogens with one attached hydrogen (secondary N) is 1. The Morgan fingerprint density at radius 1 is 0.897 bits per heavy atom. The molecule has 0 aliphatic heterocycles. The van der Waals surface area contributed by atoms with Crippen LogP contribution in [0.3, 0.4) is 0 Å². The van der Waals surface area contributed by atoms with E-state index in [9.17, 15) is 13.2 Å². The summed E-state index contributed by atoms with van der Waals surface area (Å²) in [6.45, 7) is 0.404. The number of rotatable bonds is 8. The van der Waals surface area contributed by atoms with E-state index in [0.717, 1.165) is 5.56 Å². The highest BCUT2D eigenvalue weighted by Gasteiger charge is 2.28. The Morgan fingerprint density at radius 3 is 2.07 bits per heavy atom. The zero-order valence-corrected chi connectivity index (χ0v) is 16.6. The molecule has 0 aromatic heterocycles. The molecule has 0 saturated carbocycles. The van der Waals surface area contributed by atoms with Crippen LogP contribution in [-0.2, 0) is 26.2 Å². The summed E-state index contributed by atoms with van der Waals surface area (Å²) in [7, 11) is -2.69. The van der Waals surface area contributed by atoms with Gasteiger partial charge in [-0.25, -0.2) is 13.2 Å².